The molecule has 1 unspecified atom stereocenters. The molecule has 0 bridgehead atoms. The molecule has 1 N–H and O–H groups in total. The fraction of sp³-hybridized carbons (Fsp3) is 0.667. The van der Waals surface area contributed by atoms with E-state index in [4.69, 9.17) is 9.47 Å². The fourth-order valence-electron chi connectivity index (χ4n) is 4.14. The van der Waals surface area contributed by atoms with Crippen molar-refractivity contribution >= 4 is 0 Å². The minimum absolute atomic E-state index is 0.856. The lowest BCUT2D eigenvalue weighted by atomic mass is 9.85. The zero-order chi connectivity index (χ0) is 14.8. The third kappa shape index (κ3) is 3.03. The number of benzene rings is 1. The molecular weight excluding hydrogens is 262 g/mol. The third-order valence-corrected chi connectivity index (χ3v) is 5.35. The van der Waals surface area contributed by atoms with Crippen LogP contribution >= 0.6 is 0 Å². The number of quaternary nitrogens is 1. The molecule has 0 aromatic heterocycles. The van der Waals surface area contributed by atoms with Crippen molar-refractivity contribution in [2.75, 3.05) is 20.8 Å². The van der Waals surface area contributed by atoms with Gasteiger partial charge in [0.2, 0.25) is 0 Å². The molecule has 3 rings (SSSR count). The summed E-state index contributed by atoms with van der Waals surface area (Å²) >= 11 is 0. The van der Waals surface area contributed by atoms with Gasteiger partial charge in [-0.25, -0.2) is 0 Å². The number of hydrogen-bond donors (Lipinski definition) is 1. The van der Waals surface area contributed by atoms with Crippen LogP contribution in [0.4, 0.5) is 0 Å². The van der Waals surface area contributed by atoms with Crippen molar-refractivity contribution < 1.29 is 14.4 Å². The highest BCUT2D eigenvalue weighted by atomic mass is 16.5. The van der Waals surface area contributed by atoms with Crippen molar-refractivity contribution in [1.82, 2.24) is 0 Å². The van der Waals surface area contributed by atoms with Crippen molar-refractivity contribution in [3.05, 3.63) is 23.3 Å². The van der Waals surface area contributed by atoms with E-state index in [0.717, 1.165) is 36.4 Å². The maximum Gasteiger partial charge on any atom is 0.161 e. The van der Waals surface area contributed by atoms with Crippen molar-refractivity contribution in [2.24, 2.45) is 5.92 Å². The lowest BCUT2D eigenvalue weighted by molar-refractivity contribution is -0.942. The lowest BCUT2D eigenvalue weighted by Crippen LogP contribution is -3.15. The van der Waals surface area contributed by atoms with Crippen LogP contribution in [-0.4, -0.2) is 26.8 Å². The van der Waals surface area contributed by atoms with Crippen molar-refractivity contribution in [2.45, 2.75) is 51.6 Å². The van der Waals surface area contributed by atoms with Gasteiger partial charge in [0, 0.05) is 18.4 Å². The summed E-state index contributed by atoms with van der Waals surface area (Å²) in [4.78, 5) is 1.78. The number of ether oxygens (including phenoxy) is 2. The molecule has 21 heavy (non-hydrogen) atoms. The summed E-state index contributed by atoms with van der Waals surface area (Å²) < 4.78 is 10.9. The van der Waals surface area contributed by atoms with Gasteiger partial charge in [0.05, 0.1) is 26.8 Å². The fourth-order valence-corrected chi connectivity index (χ4v) is 4.14. The van der Waals surface area contributed by atoms with Gasteiger partial charge in [-0.2, -0.15) is 0 Å². The topological polar surface area (TPSA) is 22.9 Å². The summed E-state index contributed by atoms with van der Waals surface area (Å²) in [5, 5.41) is 0. The quantitative estimate of drug-likeness (QED) is 0.922. The predicted octanol–water partition coefficient (Wildman–Crippen LogP) is 2.22. The highest BCUT2D eigenvalue weighted by Crippen LogP contribution is 2.31. The monoisotopic (exact) mass is 290 g/mol. The van der Waals surface area contributed by atoms with E-state index in [0.29, 0.717) is 0 Å². The molecule has 1 fully saturated rings. The Bertz CT molecular complexity index is 500. The molecule has 1 heterocycles. The minimum Gasteiger partial charge on any atom is -0.493 e. The van der Waals surface area contributed by atoms with Crippen LogP contribution in [0.2, 0.25) is 0 Å². The molecule has 1 aliphatic heterocycles. The Hall–Kier alpha value is -1.22. The summed E-state index contributed by atoms with van der Waals surface area (Å²) in [6.07, 6.45) is 6.80. The Morgan fingerprint density at radius 1 is 1.05 bits per heavy atom. The van der Waals surface area contributed by atoms with E-state index in [9.17, 15) is 0 Å². The van der Waals surface area contributed by atoms with Gasteiger partial charge < -0.3 is 14.4 Å². The third-order valence-electron chi connectivity index (χ3n) is 5.35. The second kappa shape index (κ2) is 6.27. The Morgan fingerprint density at radius 2 is 1.76 bits per heavy atom. The molecule has 116 valence electrons. The predicted molar refractivity (Wildman–Crippen MR) is 84.2 cm³/mol. The molecule has 3 heteroatoms. The molecule has 2 aliphatic rings. The molecule has 0 radical (unpaired) electrons. The first kappa shape index (κ1) is 14.7. The van der Waals surface area contributed by atoms with Gasteiger partial charge in [-0.15, -0.1) is 0 Å². The van der Waals surface area contributed by atoms with E-state index in [2.05, 4.69) is 19.1 Å². The van der Waals surface area contributed by atoms with E-state index in [1.807, 2.05) is 0 Å². The summed E-state index contributed by atoms with van der Waals surface area (Å²) in [5.74, 6) is 2.64. The maximum absolute atomic E-state index is 5.47. The van der Waals surface area contributed by atoms with Gasteiger partial charge in [-0.05, 0) is 36.5 Å². The van der Waals surface area contributed by atoms with Crippen LogP contribution in [0.15, 0.2) is 12.1 Å². The van der Waals surface area contributed by atoms with Crippen molar-refractivity contribution in [1.29, 1.82) is 0 Å². The highest BCUT2D eigenvalue weighted by molar-refractivity contribution is 5.47. The molecule has 3 atom stereocenters. The average Bonchev–Trinajstić information content (AvgIpc) is 2.53. The molecule has 0 amide bonds. The summed E-state index contributed by atoms with van der Waals surface area (Å²) in [7, 11) is 3.44. The van der Waals surface area contributed by atoms with Crippen LogP contribution in [0.25, 0.3) is 0 Å². The van der Waals surface area contributed by atoms with Crippen molar-refractivity contribution in [3.8, 4) is 11.5 Å². The first-order valence-electron chi connectivity index (χ1n) is 8.29. The van der Waals surface area contributed by atoms with E-state index < -0.39 is 0 Å². The SMILES string of the molecule is COc1cc2c(cc1OC)C[NH+]([C@@H]1CCC[C@H](C)C1)CC2. The number of nitrogens with one attached hydrogen (secondary N) is 1. The number of methoxy groups -OCH3 is 2. The molecule has 0 spiro atoms. The number of rotatable bonds is 3. The van der Waals surface area contributed by atoms with E-state index in [1.54, 1.807) is 19.1 Å². The second-order valence-corrected chi connectivity index (χ2v) is 6.78. The van der Waals surface area contributed by atoms with E-state index in [1.165, 1.54) is 43.4 Å². The molecule has 3 nitrogen and oxygen atoms in total. The Balaban J connectivity index is 1.78. The van der Waals surface area contributed by atoms with Crippen LogP contribution in [0, 0.1) is 5.92 Å². The van der Waals surface area contributed by atoms with Gasteiger partial charge in [0.15, 0.2) is 11.5 Å². The summed E-state index contributed by atoms with van der Waals surface area (Å²) in [6.45, 7) is 4.82. The Morgan fingerprint density at radius 3 is 2.43 bits per heavy atom. The molecule has 0 saturated heterocycles. The van der Waals surface area contributed by atoms with Crippen LogP contribution in [0.3, 0.4) is 0 Å². The molecular formula is C18H28NO2+. The smallest absolute Gasteiger partial charge is 0.161 e. The first-order valence-corrected chi connectivity index (χ1v) is 8.29. The number of hydrogen-bond acceptors (Lipinski definition) is 2. The van der Waals surface area contributed by atoms with Gasteiger partial charge in [0.25, 0.3) is 0 Å². The normalized spacial score (nSPS) is 28.8. The van der Waals surface area contributed by atoms with Crippen molar-refractivity contribution in [3.63, 3.8) is 0 Å². The highest BCUT2D eigenvalue weighted by Gasteiger charge is 2.31. The zero-order valence-electron chi connectivity index (χ0n) is 13.6. The molecule has 1 aromatic rings. The second-order valence-electron chi connectivity index (χ2n) is 6.78. The van der Waals surface area contributed by atoms with Crippen LogP contribution < -0.4 is 14.4 Å². The number of fused-ring (bicyclic) bond motifs is 1. The van der Waals surface area contributed by atoms with Crippen LogP contribution in [0.5, 0.6) is 11.5 Å². The zero-order valence-corrected chi connectivity index (χ0v) is 13.6. The van der Waals surface area contributed by atoms with Gasteiger partial charge in [-0.1, -0.05) is 13.3 Å². The summed E-state index contributed by atoms with van der Waals surface area (Å²) in [5.41, 5.74) is 2.90. The lowest BCUT2D eigenvalue weighted by Gasteiger charge is -2.36. The summed E-state index contributed by atoms with van der Waals surface area (Å²) in [6, 6.07) is 5.23. The maximum atomic E-state index is 5.47. The Kier molecular flexibility index (Phi) is 4.39. The van der Waals surface area contributed by atoms with Crippen LogP contribution in [-0.2, 0) is 13.0 Å². The first-order chi connectivity index (χ1) is 10.2. The van der Waals surface area contributed by atoms with Crippen LogP contribution in [0.1, 0.15) is 43.7 Å². The average molecular weight is 290 g/mol. The van der Waals surface area contributed by atoms with Gasteiger partial charge in [0.1, 0.15) is 6.54 Å². The minimum atomic E-state index is 0.856. The van der Waals surface area contributed by atoms with E-state index >= 15 is 0 Å². The van der Waals surface area contributed by atoms with Gasteiger partial charge >= 0.3 is 0 Å². The largest absolute Gasteiger partial charge is 0.493 e. The van der Waals surface area contributed by atoms with E-state index in [-0.39, 0.29) is 0 Å². The molecule has 1 aromatic carbocycles. The van der Waals surface area contributed by atoms with Gasteiger partial charge in [-0.3, -0.25) is 0 Å². The standard InChI is InChI=1S/C18H27NO2/c1-13-5-4-6-16(9-13)19-8-7-14-10-17(20-2)18(21-3)11-15(14)12-19/h10-11,13,16H,4-9,12H2,1-3H3/p+1/t13-,16+/m0/s1. The molecule has 1 aliphatic carbocycles. The molecule has 1 saturated carbocycles. The Labute approximate surface area is 128 Å².